The first-order chi connectivity index (χ1) is 5.33. The number of hydrogen-bond donors (Lipinski definition) is 0. The lowest BCUT2D eigenvalue weighted by atomic mass is 10.2. The van der Waals surface area contributed by atoms with E-state index < -0.39 is 6.17 Å². The van der Waals surface area contributed by atoms with Crippen molar-refractivity contribution in [2.75, 3.05) is 0 Å². The topological polar surface area (TPSA) is 43.1 Å². The highest BCUT2D eigenvalue weighted by atomic mass is 19.1. The fourth-order valence-electron chi connectivity index (χ4n) is 1.33. The molecule has 3 nitrogen and oxygen atoms in total. The van der Waals surface area contributed by atoms with E-state index in [2.05, 4.69) is 9.68 Å². The third-order valence-electron chi connectivity index (χ3n) is 1.89. The number of aldehydes is 1. The quantitative estimate of drug-likeness (QED) is 0.576. The number of rotatable bonds is 1. The van der Waals surface area contributed by atoms with E-state index in [1.165, 1.54) is 0 Å². The highest BCUT2D eigenvalue weighted by molar-refractivity contribution is 5.74. The molecule has 0 saturated heterocycles. The summed E-state index contributed by atoms with van der Waals surface area (Å²) in [6, 6.07) is 0. The predicted octanol–water partition coefficient (Wildman–Crippen LogP) is 1.44. The monoisotopic (exact) mass is 155 g/mol. The number of carbonyl (C=O) groups excluding carboxylic acids is 1. The van der Waals surface area contributed by atoms with E-state index in [1.54, 1.807) is 0 Å². The van der Waals surface area contributed by atoms with Gasteiger partial charge in [0.05, 0.1) is 0 Å². The van der Waals surface area contributed by atoms with Crippen LogP contribution in [0.2, 0.25) is 0 Å². The van der Waals surface area contributed by atoms with Crippen LogP contribution in [0.4, 0.5) is 4.39 Å². The minimum atomic E-state index is -1.06. The summed E-state index contributed by atoms with van der Waals surface area (Å²) in [6.07, 6.45) is 0.512. The molecule has 0 amide bonds. The number of nitrogens with zero attached hydrogens (tertiary/aromatic N) is 1. The average Bonchev–Trinajstić information content (AvgIpc) is 2.53. The molecule has 2 rings (SSSR count). The van der Waals surface area contributed by atoms with Crippen molar-refractivity contribution >= 4 is 6.29 Å². The molecule has 0 bridgehead atoms. The fraction of sp³-hybridized carbons (Fsp3) is 0.429. The van der Waals surface area contributed by atoms with Crippen molar-refractivity contribution in [3.05, 3.63) is 17.0 Å². The maximum atomic E-state index is 12.8. The Labute approximate surface area is 62.2 Å². The molecular weight excluding hydrogens is 149 g/mol. The Kier molecular flexibility index (Phi) is 1.27. The van der Waals surface area contributed by atoms with Gasteiger partial charge in [-0.3, -0.25) is 4.79 Å². The number of halogens is 1. The second-order valence-corrected chi connectivity index (χ2v) is 2.53. The molecule has 4 heteroatoms. The van der Waals surface area contributed by atoms with Gasteiger partial charge in [0.15, 0.2) is 18.2 Å². The van der Waals surface area contributed by atoms with Gasteiger partial charge >= 0.3 is 0 Å². The van der Waals surface area contributed by atoms with Crippen LogP contribution in [0, 0.1) is 0 Å². The largest absolute Gasteiger partial charge is 0.357 e. The van der Waals surface area contributed by atoms with E-state index in [-0.39, 0.29) is 11.5 Å². The lowest BCUT2D eigenvalue weighted by molar-refractivity contribution is 0.111. The molecule has 11 heavy (non-hydrogen) atoms. The molecule has 0 aliphatic heterocycles. The van der Waals surface area contributed by atoms with Gasteiger partial charge in [-0.05, 0) is 12.8 Å². The first-order valence-electron chi connectivity index (χ1n) is 3.40. The van der Waals surface area contributed by atoms with E-state index in [1.807, 2.05) is 0 Å². The van der Waals surface area contributed by atoms with Crippen LogP contribution in [0.5, 0.6) is 0 Å². The van der Waals surface area contributed by atoms with E-state index >= 15 is 0 Å². The summed E-state index contributed by atoms with van der Waals surface area (Å²) < 4.78 is 17.5. The standard InChI is InChI=1S/C7H6FNO2/c8-5-2-1-4-6(3-10)9-11-7(4)5/h3,5H,1-2H2. The maximum Gasteiger partial charge on any atom is 0.174 e. The summed E-state index contributed by atoms with van der Waals surface area (Å²) in [5, 5.41) is 3.42. The second kappa shape index (κ2) is 2.15. The summed E-state index contributed by atoms with van der Waals surface area (Å²) >= 11 is 0. The van der Waals surface area contributed by atoms with Gasteiger partial charge in [0.2, 0.25) is 0 Å². The Morgan fingerprint density at radius 3 is 3.27 bits per heavy atom. The van der Waals surface area contributed by atoms with Crippen LogP contribution in [0.1, 0.15) is 34.4 Å². The van der Waals surface area contributed by atoms with Gasteiger partial charge in [-0.2, -0.15) is 0 Å². The molecule has 0 N–H and O–H groups in total. The zero-order chi connectivity index (χ0) is 7.84. The third kappa shape index (κ3) is 0.785. The summed E-state index contributed by atoms with van der Waals surface area (Å²) in [6.45, 7) is 0. The molecule has 1 aliphatic carbocycles. The van der Waals surface area contributed by atoms with E-state index in [9.17, 15) is 9.18 Å². The van der Waals surface area contributed by atoms with Crippen LogP contribution in [-0.4, -0.2) is 11.4 Å². The smallest absolute Gasteiger partial charge is 0.174 e. The van der Waals surface area contributed by atoms with Gasteiger partial charge in [-0.1, -0.05) is 5.16 Å². The Hall–Kier alpha value is -1.19. The van der Waals surface area contributed by atoms with Crippen LogP contribution in [0.25, 0.3) is 0 Å². The van der Waals surface area contributed by atoms with E-state index in [0.717, 1.165) is 0 Å². The van der Waals surface area contributed by atoms with Gasteiger partial charge in [-0.15, -0.1) is 0 Å². The number of carbonyl (C=O) groups is 1. The molecule has 58 valence electrons. The Bertz CT molecular complexity index is 295. The van der Waals surface area contributed by atoms with Crippen LogP contribution in [0.3, 0.4) is 0 Å². The molecule has 1 heterocycles. The van der Waals surface area contributed by atoms with Crippen molar-refractivity contribution in [2.45, 2.75) is 19.0 Å². The zero-order valence-electron chi connectivity index (χ0n) is 5.71. The molecule has 0 radical (unpaired) electrons. The normalized spacial score (nSPS) is 21.7. The van der Waals surface area contributed by atoms with Gasteiger partial charge in [0, 0.05) is 5.56 Å². The molecule has 1 unspecified atom stereocenters. The maximum absolute atomic E-state index is 12.8. The highest BCUT2D eigenvalue weighted by Crippen LogP contribution is 2.35. The Morgan fingerprint density at radius 2 is 2.55 bits per heavy atom. The number of fused-ring (bicyclic) bond motifs is 1. The summed E-state index contributed by atoms with van der Waals surface area (Å²) in [7, 11) is 0. The second-order valence-electron chi connectivity index (χ2n) is 2.53. The summed E-state index contributed by atoms with van der Waals surface area (Å²) in [4.78, 5) is 10.3. The number of hydrogen-bond acceptors (Lipinski definition) is 3. The molecule has 0 aromatic carbocycles. The molecule has 0 saturated carbocycles. The molecule has 1 aromatic rings. The van der Waals surface area contributed by atoms with Crippen molar-refractivity contribution in [3.63, 3.8) is 0 Å². The third-order valence-corrected chi connectivity index (χ3v) is 1.89. The van der Waals surface area contributed by atoms with Crippen LogP contribution in [0.15, 0.2) is 4.52 Å². The van der Waals surface area contributed by atoms with Gasteiger partial charge in [-0.25, -0.2) is 4.39 Å². The van der Waals surface area contributed by atoms with Crippen LogP contribution in [-0.2, 0) is 6.42 Å². The van der Waals surface area contributed by atoms with Gasteiger partial charge < -0.3 is 4.52 Å². The predicted molar refractivity (Wildman–Crippen MR) is 34.1 cm³/mol. The van der Waals surface area contributed by atoms with Crippen molar-refractivity contribution in [1.82, 2.24) is 5.16 Å². The SMILES string of the molecule is O=Cc1noc2c1CCC2F. The average molecular weight is 155 g/mol. The molecule has 1 aromatic heterocycles. The molecule has 1 aliphatic rings. The van der Waals surface area contributed by atoms with Crippen molar-refractivity contribution in [2.24, 2.45) is 0 Å². The summed E-state index contributed by atoms with van der Waals surface area (Å²) in [5.74, 6) is 0.243. The van der Waals surface area contributed by atoms with Crippen molar-refractivity contribution in [1.29, 1.82) is 0 Å². The fourth-order valence-corrected chi connectivity index (χ4v) is 1.33. The molecular formula is C7H6FNO2. The first kappa shape index (κ1) is 6.52. The highest BCUT2D eigenvalue weighted by Gasteiger charge is 2.29. The lowest BCUT2D eigenvalue weighted by Gasteiger charge is -1.89. The molecule has 0 spiro atoms. The van der Waals surface area contributed by atoms with E-state index in [0.29, 0.717) is 24.7 Å². The summed E-state index contributed by atoms with van der Waals surface area (Å²) in [5.41, 5.74) is 0.896. The van der Waals surface area contributed by atoms with Crippen LogP contribution >= 0.6 is 0 Å². The lowest BCUT2D eigenvalue weighted by Crippen LogP contribution is -1.85. The van der Waals surface area contributed by atoms with Gasteiger partial charge in [0.1, 0.15) is 5.69 Å². The molecule has 1 atom stereocenters. The first-order valence-corrected chi connectivity index (χ1v) is 3.40. The Morgan fingerprint density at radius 1 is 1.73 bits per heavy atom. The number of alkyl halides is 1. The Balaban J connectivity index is 2.51. The van der Waals surface area contributed by atoms with E-state index in [4.69, 9.17) is 0 Å². The minimum Gasteiger partial charge on any atom is -0.357 e. The van der Waals surface area contributed by atoms with Crippen molar-refractivity contribution < 1.29 is 13.7 Å². The van der Waals surface area contributed by atoms with Crippen LogP contribution < -0.4 is 0 Å². The minimum absolute atomic E-state index is 0.243. The number of aromatic nitrogens is 1. The van der Waals surface area contributed by atoms with Gasteiger partial charge in [0.25, 0.3) is 0 Å². The molecule has 0 fully saturated rings. The van der Waals surface area contributed by atoms with Crippen molar-refractivity contribution in [3.8, 4) is 0 Å². The zero-order valence-corrected chi connectivity index (χ0v) is 5.71.